The van der Waals surface area contributed by atoms with Crippen LogP contribution < -0.4 is 4.72 Å². The van der Waals surface area contributed by atoms with Crippen LogP contribution in [0.1, 0.15) is 77.2 Å². The third-order valence-corrected chi connectivity index (χ3v) is 12.0. The maximum atomic E-state index is 14.5. The molecule has 0 bridgehead atoms. The minimum Gasteiger partial charge on any atom is -0.394 e. The normalized spacial score (nSPS) is 14.4. The molecule has 2 heterocycles. The summed E-state index contributed by atoms with van der Waals surface area (Å²) in [5.74, 6) is -0.569. The molecule has 2 amide bonds. The predicted molar refractivity (Wildman–Crippen MR) is 198 cm³/mol. The lowest BCUT2D eigenvalue weighted by Crippen LogP contribution is -2.46. The molecule has 49 heavy (non-hydrogen) atoms. The van der Waals surface area contributed by atoms with E-state index in [0.29, 0.717) is 39.8 Å². The number of hydrogen-bond acceptors (Lipinski definition) is 6. The Kier molecular flexibility index (Phi) is 12.0. The second kappa shape index (κ2) is 16.0. The number of halogens is 2. The first-order chi connectivity index (χ1) is 23.5. The van der Waals surface area contributed by atoms with Gasteiger partial charge in [-0.25, -0.2) is 13.1 Å². The number of aliphatic hydroxyl groups is 1. The average molecular weight is 816 g/mol. The number of hydrogen-bond donors (Lipinski definition) is 2. The van der Waals surface area contributed by atoms with Crippen LogP contribution in [0.4, 0.5) is 5.69 Å². The highest BCUT2D eigenvalue weighted by atomic mass is 79.9. The van der Waals surface area contributed by atoms with Gasteiger partial charge in [0, 0.05) is 40.0 Å². The van der Waals surface area contributed by atoms with Gasteiger partial charge in [-0.15, -0.1) is 0 Å². The Balaban J connectivity index is 1.57. The second-order valence-corrected chi connectivity index (χ2v) is 15.6. The van der Waals surface area contributed by atoms with Crippen LogP contribution in [0.2, 0.25) is 0 Å². The van der Waals surface area contributed by atoms with Gasteiger partial charge in [-0.3, -0.25) is 14.3 Å². The third kappa shape index (κ3) is 8.28. The molecule has 13 heteroatoms. The van der Waals surface area contributed by atoms with Crippen molar-refractivity contribution in [1.82, 2.24) is 19.6 Å². The van der Waals surface area contributed by atoms with Gasteiger partial charge in [0.15, 0.2) is 5.69 Å². The lowest BCUT2D eigenvalue weighted by Gasteiger charge is -2.36. The van der Waals surface area contributed by atoms with E-state index in [2.05, 4.69) is 50.4 Å². The molecule has 1 atom stereocenters. The summed E-state index contributed by atoms with van der Waals surface area (Å²) in [5, 5.41) is 15.1. The van der Waals surface area contributed by atoms with E-state index in [-0.39, 0.29) is 40.9 Å². The zero-order chi connectivity index (χ0) is 35.3. The average Bonchev–Trinajstić information content (AvgIpc) is 3.49. The summed E-state index contributed by atoms with van der Waals surface area (Å²) in [6.07, 6.45) is 4.16. The van der Waals surface area contributed by atoms with E-state index in [1.807, 2.05) is 36.1 Å². The van der Waals surface area contributed by atoms with E-state index in [1.165, 1.54) is 18.2 Å². The largest absolute Gasteiger partial charge is 0.394 e. The number of amides is 2. The second-order valence-electron chi connectivity index (χ2n) is 12.2. The van der Waals surface area contributed by atoms with E-state index in [9.17, 15) is 23.1 Å². The van der Waals surface area contributed by atoms with Crippen LogP contribution in [0.5, 0.6) is 0 Å². The van der Waals surface area contributed by atoms with Crippen molar-refractivity contribution in [2.75, 3.05) is 24.4 Å². The summed E-state index contributed by atoms with van der Waals surface area (Å²) in [6.45, 7) is 7.28. The molecule has 1 aromatic heterocycles. The molecular formula is C36H41Br2N5O5S. The summed E-state index contributed by atoms with van der Waals surface area (Å²) >= 11 is 6.73. The zero-order valence-corrected chi connectivity index (χ0v) is 31.8. The fourth-order valence-electron chi connectivity index (χ4n) is 5.95. The lowest BCUT2D eigenvalue weighted by molar-refractivity contribution is 0.0544. The number of aryl methyl sites for hydroxylation is 1. The van der Waals surface area contributed by atoms with Crippen molar-refractivity contribution < 1.29 is 23.1 Å². The number of rotatable bonds is 13. The fourth-order valence-corrected chi connectivity index (χ4v) is 7.81. The molecule has 0 saturated heterocycles. The molecule has 0 fully saturated rings. The minimum atomic E-state index is -4.03. The number of sulfonamides is 1. The first-order valence-electron chi connectivity index (χ1n) is 16.4. The maximum Gasteiger partial charge on any atom is 0.274 e. The molecule has 0 saturated carbocycles. The van der Waals surface area contributed by atoms with Crippen molar-refractivity contribution in [2.24, 2.45) is 0 Å². The van der Waals surface area contributed by atoms with Crippen LogP contribution in [0.15, 0.2) is 80.6 Å². The zero-order valence-electron chi connectivity index (χ0n) is 27.8. The molecule has 4 aromatic rings. The molecule has 1 aliphatic heterocycles. The molecule has 260 valence electrons. The van der Waals surface area contributed by atoms with E-state index in [4.69, 9.17) is 5.10 Å². The molecule has 0 aliphatic carbocycles. The predicted octanol–water partition coefficient (Wildman–Crippen LogP) is 7.11. The van der Waals surface area contributed by atoms with Gasteiger partial charge < -0.3 is 14.9 Å². The van der Waals surface area contributed by atoms with Gasteiger partial charge in [-0.1, -0.05) is 51.0 Å². The molecule has 0 radical (unpaired) electrons. The summed E-state index contributed by atoms with van der Waals surface area (Å²) < 4.78 is 32.4. The number of nitrogens with one attached hydrogen (secondary N) is 1. The van der Waals surface area contributed by atoms with Crippen LogP contribution in [-0.4, -0.2) is 70.7 Å². The first-order valence-corrected chi connectivity index (χ1v) is 19.5. The van der Waals surface area contributed by atoms with Crippen LogP contribution in [0.25, 0.3) is 5.69 Å². The van der Waals surface area contributed by atoms with Crippen LogP contribution >= 0.6 is 31.9 Å². The van der Waals surface area contributed by atoms with Gasteiger partial charge in [0.1, 0.15) is 0 Å². The summed E-state index contributed by atoms with van der Waals surface area (Å²) in [6, 6.07) is 18.3. The Morgan fingerprint density at radius 1 is 0.959 bits per heavy atom. The summed E-state index contributed by atoms with van der Waals surface area (Å²) in [7, 11) is -4.03. The van der Waals surface area contributed by atoms with Gasteiger partial charge in [0.05, 0.1) is 28.8 Å². The number of aromatic nitrogens is 2. The van der Waals surface area contributed by atoms with Gasteiger partial charge in [0.2, 0.25) is 0 Å². The number of benzene rings is 3. The van der Waals surface area contributed by atoms with Crippen LogP contribution in [0.3, 0.4) is 0 Å². The van der Waals surface area contributed by atoms with Crippen molar-refractivity contribution in [3.05, 3.63) is 104 Å². The molecule has 3 aromatic carbocycles. The third-order valence-electron chi connectivity index (χ3n) is 8.69. The maximum absolute atomic E-state index is 14.5. The lowest BCUT2D eigenvalue weighted by atomic mass is 9.93. The van der Waals surface area contributed by atoms with Crippen molar-refractivity contribution in [3.8, 4) is 5.69 Å². The first kappa shape index (κ1) is 36.8. The van der Waals surface area contributed by atoms with Crippen molar-refractivity contribution in [2.45, 2.75) is 70.4 Å². The molecule has 1 aliphatic rings. The monoisotopic (exact) mass is 813 g/mol. The molecular weight excluding hydrogens is 774 g/mol. The highest BCUT2D eigenvalue weighted by molar-refractivity contribution is 9.13. The van der Waals surface area contributed by atoms with Crippen LogP contribution in [-0.2, 0) is 23.0 Å². The number of aliphatic hydroxyl groups excluding tert-OH is 1. The van der Waals surface area contributed by atoms with E-state index in [0.717, 1.165) is 36.8 Å². The van der Waals surface area contributed by atoms with E-state index < -0.39 is 22.0 Å². The molecule has 2 N–H and O–H groups in total. The quantitative estimate of drug-likeness (QED) is 0.148. The van der Waals surface area contributed by atoms with Crippen molar-refractivity contribution in [1.29, 1.82) is 0 Å². The highest BCUT2D eigenvalue weighted by Crippen LogP contribution is 2.31. The Morgan fingerprint density at radius 2 is 1.65 bits per heavy atom. The SMILES string of the molecule is CCCCN(CCCC)C(=O)c1cc(C)n(-c2ccc(NS(=O)(=O)c3ccc(Br)c(Br)c3)cc2C(=O)N2Cc3ccccc3C[C@H]2CO)n1. The number of nitrogens with zero attached hydrogens (tertiary/aromatic N) is 4. The number of anilines is 1. The van der Waals surface area contributed by atoms with E-state index in [1.54, 1.807) is 33.8 Å². The molecule has 10 nitrogen and oxygen atoms in total. The Morgan fingerprint density at radius 3 is 2.31 bits per heavy atom. The molecule has 5 rings (SSSR count). The number of carbonyl (C=O) groups is 2. The van der Waals surface area contributed by atoms with E-state index >= 15 is 0 Å². The number of carbonyl (C=O) groups excluding carboxylic acids is 2. The van der Waals surface area contributed by atoms with Gasteiger partial charge >= 0.3 is 0 Å². The number of unbranched alkanes of at least 4 members (excludes halogenated alkanes) is 2. The molecule has 0 unspecified atom stereocenters. The minimum absolute atomic E-state index is 0.0364. The van der Waals surface area contributed by atoms with Crippen molar-refractivity contribution in [3.63, 3.8) is 0 Å². The molecule has 0 spiro atoms. The van der Waals surface area contributed by atoms with Gasteiger partial charge in [-0.05, 0) is 112 Å². The Hall–Kier alpha value is -3.52. The van der Waals surface area contributed by atoms with Gasteiger partial charge in [-0.2, -0.15) is 5.10 Å². The smallest absolute Gasteiger partial charge is 0.274 e. The van der Waals surface area contributed by atoms with Crippen LogP contribution in [0, 0.1) is 6.92 Å². The topological polar surface area (TPSA) is 125 Å². The number of fused-ring (bicyclic) bond motifs is 1. The Labute approximate surface area is 304 Å². The summed E-state index contributed by atoms with van der Waals surface area (Å²) in [5.41, 5.74) is 3.69. The van der Waals surface area contributed by atoms with Crippen molar-refractivity contribution >= 4 is 59.4 Å². The fraction of sp³-hybridized carbons (Fsp3) is 0.361. The Bertz CT molecular complexity index is 1940. The summed E-state index contributed by atoms with van der Waals surface area (Å²) in [4.78, 5) is 31.7. The highest BCUT2D eigenvalue weighted by Gasteiger charge is 2.32. The standard InChI is InChI=1S/C36H41Br2N5O5S/c1-4-6-16-41(17-7-5-2)36(46)33-18-24(3)43(39-33)34-15-12-27(40-49(47,48)29-13-14-31(37)32(38)21-29)20-30(34)35(45)42-22-26-11-9-8-10-25(26)19-28(42)23-44/h8-15,18,20-21,28,40,44H,4-7,16-17,19,22-23H2,1-3H3/t28-/m0/s1. The van der Waals surface area contributed by atoms with Gasteiger partial charge in [0.25, 0.3) is 21.8 Å².